The van der Waals surface area contributed by atoms with Gasteiger partial charge >= 0.3 is 0 Å². The van der Waals surface area contributed by atoms with Crippen LogP contribution in [0.3, 0.4) is 0 Å². The van der Waals surface area contributed by atoms with E-state index in [1.807, 2.05) is 29.2 Å². The number of carbonyl (C=O) groups is 1. The van der Waals surface area contributed by atoms with Crippen molar-refractivity contribution >= 4 is 5.91 Å². The molecule has 2 atom stereocenters. The number of methoxy groups -OCH3 is 4. The Morgan fingerprint density at radius 2 is 1.57 bits per heavy atom. The molecule has 0 bridgehead atoms. The van der Waals surface area contributed by atoms with Gasteiger partial charge in [-0.3, -0.25) is 4.79 Å². The minimum atomic E-state index is -0.0540. The molecule has 2 aromatic carbocycles. The summed E-state index contributed by atoms with van der Waals surface area (Å²) in [6.45, 7) is 2.80. The number of benzene rings is 2. The summed E-state index contributed by atoms with van der Waals surface area (Å²) in [6, 6.07) is 7.84. The Bertz CT molecular complexity index is 939. The van der Waals surface area contributed by atoms with Crippen molar-refractivity contribution in [1.82, 2.24) is 4.90 Å². The van der Waals surface area contributed by atoms with Gasteiger partial charge in [0.2, 0.25) is 0 Å². The highest BCUT2D eigenvalue weighted by Gasteiger charge is 2.43. The lowest BCUT2D eigenvalue weighted by atomic mass is 9.76. The molecule has 2 aromatic rings. The number of fused-ring (bicyclic) bond motifs is 4. The third kappa shape index (κ3) is 2.51. The van der Waals surface area contributed by atoms with E-state index in [4.69, 9.17) is 18.9 Å². The van der Waals surface area contributed by atoms with Gasteiger partial charge in [0, 0.05) is 12.5 Å². The lowest BCUT2D eigenvalue weighted by Gasteiger charge is -2.45. The molecule has 2 aliphatic heterocycles. The molecule has 6 nitrogen and oxygen atoms in total. The largest absolute Gasteiger partial charge is 0.493 e. The van der Waals surface area contributed by atoms with Crippen molar-refractivity contribution in [1.29, 1.82) is 0 Å². The van der Waals surface area contributed by atoms with Crippen molar-refractivity contribution < 1.29 is 23.7 Å². The zero-order chi connectivity index (χ0) is 20.0. The first kappa shape index (κ1) is 18.5. The third-order valence-electron chi connectivity index (χ3n) is 5.94. The van der Waals surface area contributed by atoms with Crippen LogP contribution in [0.25, 0.3) is 0 Å². The quantitative estimate of drug-likeness (QED) is 0.808. The summed E-state index contributed by atoms with van der Waals surface area (Å²) in [7, 11) is 6.43. The van der Waals surface area contributed by atoms with Gasteiger partial charge in [0.25, 0.3) is 5.91 Å². The van der Waals surface area contributed by atoms with E-state index in [9.17, 15) is 4.79 Å². The van der Waals surface area contributed by atoms with Gasteiger partial charge in [0.05, 0.1) is 40.0 Å². The normalized spacial score (nSPS) is 20.0. The first-order chi connectivity index (χ1) is 13.5. The number of hydrogen-bond acceptors (Lipinski definition) is 5. The maximum atomic E-state index is 13.5. The van der Waals surface area contributed by atoms with E-state index < -0.39 is 0 Å². The molecule has 2 unspecified atom stereocenters. The van der Waals surface area contributed by atoms with Gasteiger partial charge in [-0.05, 0) is 41.3 Å². The van der Waals surface area contributed by atoms with Crippen molar-refractivity contribution in [3.63, 3.8) is 0 Å². The summed E-state index contributed by atoms with van der Waals surface area (Å²) < 4.78 is 21.9. The predicted octanol–water partition coefficient (Wildman–Crippen LogP) is 3.58. The summed E-state index contributed by atoms with van der Waals surface area (Å²) in [6.07, 6.45) is 0.770. The Morgan fingerprint density at radius 1 is 0.893 bits per heavy atom. The van der Waals surface area contributed by atoms with Crippen molar-refractivity contribution in [2.75, 3.05) is 35.0 Å². The van der Waals surface area contributed by atoms with Crippen LogP contribution >= 0.6 is 0 Å². The first-order valence-corrected chi connectivity index (χ1v) is 9.36. The van der Waals surface area contributed by atoms with E-state index in [0.29, 0.717) is 29.4 Å². The molecule has 2 aliphatic rings. The topological polar surface area (TPSA) is 57.2 Å². The summed E-state index contributed by atoms with van der Waals surface area (Å²) in [5, 5.41) is 0. The lowest BCUT2D eigenvalue weighted by Crippen LogP contribution is -2.46. The zero-order valence-corrected chi connectivity index (χ0v) is 16.9. The molecule has 0 N–H and O–H groups in total. The van der Waals surface area contributed by atoms with Gasteiger partial charge in [-0.2, -0.15) is 0 Å². The molecule has 0 aliphatic carbocycles. The molecule has 0 radical (unpaired) electrons. The SMILES string of the molecule is COc1cc2c(cc1OC)C1C(C)c3ccc(OC)c(OC)c3C(=O)N1CC2. The second-order valence-corrected chi connectivity index (χ2v) is 7.15. The van der Waals surface area contributed by atoms with E-state index >= 15 is 0 Å². The minimum Gasteiger partial charge on any atom is -0.493 e. The van der Waals surface area contributed by atoms with Gasteiger partial charge in [0.15, 0.2) is 23.0 Å². The van der Waals surface area contributed by atoms with Gasteiger partial charge in [0.1, 0.15) is 0 Å². The maximum Gasteiger partial charge on any atom is 0.258 e. The Hall–Kier alpha value is -2.89. The predicted molar refractivity (Wildman–Crippen MR) is 105 cm³/mol. The highest BCUT2D eigenvalue weighted by atomic mass is 16.5. The van der Waals surface area contributed by atoms with Crippen LogP contribution in [0.1, 0.15) is 45.9 Å². The van der Waals surface area contributed by atoms with Crippen LogP contribution in [-0.2, 0) is 6.42 Å². The standard InChI is InChI=1S/C22H25NO5/c1-12-14-6-7-16(25-2)21(28-5)19(14)22(24)23-9-8-13-10-17(26-3)18(27-4)11-15(13)20(12)23/h6-7,10-12,20H,8-9H2,1-5H3. The Morgan fingerprint density at radius 3 is 2.21 bits per heavy atom. The highest BCUT2D eigenvalue weighted by Crippen LogP contribution is 2.50. The van der Waals surface area contributed by atoms with Crippen LogP contribution in [0.5, 0.6) is 23.0 Å². The van der Waals surface area contributed by atoms with Crippen LogP contribution in [0.4, 0.5) is 0 Å². The van der Waals surface area contributed by atoms with Gasteiger partial charge in [-0.25, -0.2) is 0 Å². The molecular formula is C22H25NO5. The second kappa shape index (κ2) is 6.93. The molecular weight excluding hydrogens is 358 g/mol. The Labute approximate surface area is 165 Å². The number of hydrogen-bond donors (Lipinski definition) is 0. The lowest BCUT2D eigenvalue weighted by molar-refractivity contribution is 0.0591. The van der Waals surface area contributed by atoms with Crippen molar-refractivity contribution in [3.8, 4) is 23.0 Å². The zero-order valence-electron chi connectivity index (χ0n) is 16.9. The molecule has 28 heavy (non-hydrogen) atoms. The van der Waals surface area contributed by atoms with E-state index in [0.717, 1.165) is 23.3 Å². The molecule has 0 fully saturated rings. The fourth-order valence-electron chi connectivity index (χ4n) is 4.60. The van der Waals surface area contributed by atoms with Gasteiger partial charge < -0.3 is 23.8 Å². The molecule has 0 spiro atoms. The third-order valence-corrected chi connectivity index (χ3v) is 5.94. The van der Waals surface area contributed by atoms with E-state index in [2.05, 4.69) is 6.92 Å². The molecule has 6 heteroatoms. The van der Waals surface area contributed by atoms with E-state index in [1.165, 1.54) is 5.56 Å². The summed E-state index contributed by atoms with van der Waals surface area (Å²) in [4.78, 5) is 15.4. The smallest absolute Gasteiger partial charge is 0.258 e. The average molecular weight is 383 g/mol. The Kier molecular flexibility index (Phi) is 4.57. The van der Waals surface area contributed by atoms with Crippen LogP contribution in [-0.4, -0.2) is 45.8 Å². The molecule has 4 rings (SSSR count). The van der Waals surface area contributed by atoms with Crippen LogP contribution in [0.15, 0.2) is 24.3 Å². The second-order valence-electron chi connectivity index (χ2n) is 7.15. The first-order valence-electron chi connectivity index (χ1n) is 9.36. The average Bonchev–Trinajstić information content (AvgIpc) is 2.74. The van der Waals surface area contributed by atoms with E-state index in [-0.39, 0.29) is 17.9 Å². The minimum absolute atomic E-state index is 0.0192. The summed E-state index contributed by atoms with van der Waals surface area (Å²) in [5.74, 6) is 2.56. The molecule has 2 heterocycles. The molecule has 148 valence electrons. The van der Waals surface area contributed by atoms with Gasteiger partial charge in [-0.1, -0.05) is 13.0 Å². The Balaban J connectivity index is 1.89. The van der Waals surface area contributed by atoms with Crippen molar-refractivity contribution in [3.05, 3.63) is 46.5 Å². The molecule has 0 saturated heterocycles. The maximum absolute atomic E-state index is 13.5. The fourth-order valence-corrected chi connectivity index (χ4v) is 4.60. The number of rotatable bonds is 4. The van der Waals surface area contributed by atoms with E-state index in [1.54, 1.807) is 28.4 Å². The number of carbonyl (C=O) groups excluding carboxylic acids is 1. The fraction of sp³-hybridized carbons (Fsp3) is 0.409. The van der Waals surface area contributed by atoms with Crippen LogP contribution < -0.4 is 18.9 Å². The number of ether oxygens (including phenoxy) is 4. The monoisotopic (exact) mass is 383 g/mol. The van der Waals surface area contributed by atoms with Crippen LogP contribution in [0, 0.1) is 0 Å². The summed E-state index contributed by atoms with van der Waals surface area (Å²) in [5.41, 5.74) is 3.90. The van der Waals surface area contributed by atoms with Crippen molar-refractivity contribution in [2.24, 2.45) is 0 Å². The van der Waals surface area contributed by atoms with Gasteiger partial charge in [-0.15, -0.1) is 0 Å². The van der Waals surface area contributed by atoms with Crippen LogP contribution in [0.2, 0.25) is 0 Å². The number of amides is 1. The number of nitrogens with zero attached hydrogens (tertiary/aromatic N) is 1. The molecule has 0 aromatic heterocycles. The molecule has 0 saturated carbocycles. The summed E-state index contributed by atoms with van der Waals surface area (Å²) >= 11 is 0. The highest BCUT2D eigenvalue weighted by molar-refractivity contribution is 6.01. The molecule has 1 amide bonds. The van der Waals surface area contributed by atoms with Crippen molar-refractivity contribution in [2.45, 2.75) is 25.3 Å².